The summed E-state index contributed by atoms with van der Waals surface area (Å²) in [5, 5.41) is 6.99. The highest BCUT2D eigenvalue weighted by Gasteiger charge is 2.29. The summed E-state index contributed by atoms with van der Waals surface area (Å²) in [5.74, 6) is -0.622. The van der Waals surface area contributed by atoms with Crippen LogP contribution in [0, 0.1) is 5.92 Å². The van der Waals surface area contributed by atoms with E-state index in [4.69, 9.17) is 15.2 Å². The van der Waals surface area contributed by atoms with Crippen LogP contribution < -0.4 is 26.4 Å². The number of hydrogen-bond donors (Lipinski definition) is 5. The van der Waals surface area contributed by atoms with Crippen LogP contribution in [-0.4, -0.2) is 66.8 Å². The number of benzene rings is 1. The van der Waals surface area contributed by atoms with Crippen LogP contribution >= 0.6 is 12.6 Å². The van der Waals surface area contributed by atoms with Gasteiger partial charge in [-0.2, -0.15) is 12.6 Å². The fourth-order valence-corrected chi connectivity index (χ4v) is 3.38. The van der Waals surface area contributed by atoms with E-state index in [0.717, 1.165) is 5.56 Å². The Hall–Kier alpha value is -2.79. The van der Waals surface area contributed by atoms with Crippen LogP contribution in [0.2, 0.25) is 0 Å². The number of thiol groups is 1. The average molecular weight is 525 g/mol. The van der Waals surface area contributed by atoms with Crippen molar-refractivity contribution in [1.29, 1.82) is 0 Å². The largest absolute Gasteiger partial charge is 0.497 e. The zero-order valence-electron chi connectivity index (χ0n) is 21.9. The molecule has 0 radical (unpaired) electrons. The van der Waals surface area contributed by atoms with Crippen LogP contribution in [-0.2, 0) is 25.5 Å². The predicted octanol–water partition coefficient (Wildman–Crippen LogP) is 1.60. The van der Waals surface area contributed by atoms with E-state index in [2.05, 4.69) is 28.6 Å². The molecular formula is C25H40N4O6S. The SMILES string of the molecule is COc1ccc(C[C@H](NC(=O)[C@H](CC(C)C)NC(=O)[C@@H](S)CNC(=O)OC(C)(C)C)C(=O)CN)cc1. The zero-order chi connectivity index (χ0) is 27.5. The molecule has 1 aromatic carbocycles. The Balaban J connectivity index is 2.85. The molecule has 11 heteroatoms. The molecule has 0 saturated carbocycles. The molecule has 0 aliphatic rings. The van der Waals surface area contributed by atoms with Gasteiger partial charge >= 0.3 is 6.09 Å². The van der Waals surface area contributed by atoms with E-state index in [0.29, 0.717) is 12.2 Å². The summed E-state index contributed by atoms with van der Waals surface area (Å²) in [6, 6.07) is 5.37. The van der Waals surface area contributed by atoms with E-state index in [-0.39, 0.29) is 31.2 Å². The van der Waals surface area contributed by atoms with Gasteiger partial charge in [0.05, 0.1) is 24.9 Å². The van der Waals surface area contributed by atoms with Gasteiger partial charge in [-0.1, -0.05) is 26.0 Å². The van der Waals surface area contributed by atoms with E-state index in [1.807, 2.05) is 13.8 Å². The number of Topliss-reactive ketones (excluding diaryl/α,β-unsaturated/α-hetero) is 1. The molecule has 0 heterocycles. The molecule has 1 rings (SSSR count). The van der Waals surface area contributed by atoms with Crippen LogP contribution in [0.4, 0.5) is 4.79 Å². The van der Waals surface area contributed by atoms with E-state index in [9.17, 15) is 19.2 Å². The van der Waals surface area contributed by atoms with Gasteiger partial charge in [0.1, 0.15) is 17.4 Å². The highest BCUT2D eigenvalue weighted by molar-refractivity contribution is 7.81. The quantitative estimate of drug-likeness (QED) is 0.246. The summed E-state index contributed by atoms with van der Waals surface area (Å²) in [5.41, 5.74) is 5.71. The third-order valence-electron chi connectivity index (χ3n) is 4.99. The summed E-state index contributed by atoms with van der Waals surface area (Å²) < 4.78 is 10.3. The Morgan fingerprint density at radius 3 is 2.08 bits per heavy atom. The number of rotatable bonds is 13. The van der Waals surface area contributed by atoms with Crippen molar-refractivity contribution >= 4 is 36.3 Å². The molecule has 0 fully saturated rings. The Kier molecular flexibility index (Phi) is 12.8. The van der Waals surface area contributed by atoms with E-state index in [1.165, 1.54) is 0 Å². The van der Waals surface area contributed by atoms with Crippen molar-refractivity contribution in [3.63, 3.8) is 0 Å². The third-order valence-corrected chi connectivity index (χ3v) is 5.40. The molecule has 202 valence electrons. The maximum atomic E-state index is 13.1. The summed E-state index contributed by atoms with van der Waals surface area (Å²) in [7, 11) is 1.56. The van der Waals surface area contributed by atoms with Crippen molar-refractivity contribution in [1.82, 2.24) is 16.0 Å². The maximum absolute atomic E-state index is 13.1. The van der Waals surface area contributed by atoms with Gasteiger partial charge in [0, 0.05) is 6.54 Å². The summed E-state index contributed by atoms with van der Waals surface area (Å²) >= 11 is 4.25. The number of carbonyl (C=O) groups is 4. The van der Waals surface area contributed by atoms with Crippen molar-refractivity contribution in [3.05, 3.63) is 29.8 Å². The fraction of sp³-hybridized carbons (Fsp3) is 0.600. The third kappa shape index (κ3) is 11.8. The van der Waals surface area contributed by atoms with Gasteiger partial charge in [-0.25, -0.2) is 4.79 Å². The molecule has 0 saturated heterocycles. The number of methoxy groups -OCH3 is 1. The summed E-state index contributed by atoms with van der Waals surface area (Å²) in [4.78, 5) is 50.2. The topological polar surface area (TPSA) is 149 Å². The van der Waals surface area contributed by atoms with Crippen molar-refractivity contribution in [2.45, 2.75) is 70.4 Å². The lowest BCUT2D eigenvalue weighted by molar-refractivity contribution is -0.131. The molecule has 0 bridgehead atoms. The summed E-state index contributed by atoms with van der Waals surface area (Å²) in [6.45, 7) is 8.67. The number of ketones is 1. The lowest BCUT2D eigenvalue weighted by atomic mass is 9.99. The smallest absolute Gasteiger partial charge is 0.407 e. The van der Waals surface area contributed by atoms with Crippen molar-refractivity contribution in [2.24, 2.45) is 11.7 Å². The van der Waals surface area contributed by atoms with Gasteiger partial charge < -0.3 is 31.2 Å². The maximum Gasteiger partial charge on any atom is 0.407 e. The molecule has 0 aliphatic heterocycles. The van der Waals surface area contributed by atoms with Crippen LogP contribution in [0.3, 0.4) is 0 Å². The first-order valence-electron chi connectivity index (χ1n) is 11.9. The van der Waals surface area contributed by atoms with Gasteiger partial charge in [0.15, 0.2) is 5.78 Å². The zero-order valence-corrected chi connectivity index (χ0v) is 22.8. The minimum absolute atomic E-state index is 0.0737. The summed E-state index contributed by atoms with van der Waals surface area (Å²) in [6.07, 6.45) is -0.0975. The van der Waals surface area contributed by atoms with Gasteiger partial charge in [-0.15, -0.1) is 0 Å². The molecule has 10 nitrogen and oxygen atoms in total. The Bertz CT molecular complexity index is 886. The van der Waals surface area contributed by atoms with E-state index in [1.54, 1.807) is 52.1 Å². The molecule has 36 heavy (non-hydrogen) atoms. The molecule has 5 N–H and O–H groups in total. The Morgan fingerprint density at radius 1 is 1.00 bits per heavy atom. The highest BCUT2D eigenvalue weighted by atomic mass is 32.1. The standard InChI is InChI=1S/C25H40N4O6S/c1-15(2)11-19(29-23(32)21(36)14-27-24(33)35-25(3,4)5)22(31)28-18(20(30)13-26)12-16-7-9-17(34-6)10-8-16/h7-10,15,18-19,21,36H,11-14,26H2,1-6H3,(H,27,33)(H,28,31)(H,29,32)/t18-,19-,21-/m0/s1. The van der Waals surface area contributed by atoms with Crippen LogP contribution in [0.25, 0.3) is 0 Å². The molecule has 0 aliphatic carbocycles. The number of nitrogens with one attached hydrogen (secondary N) is 3. The van der Waals surface area contributed by atoms with Gasteiger partial charge in [0.25, 0.3) is 0 Å². The van der Waals surface area contributed by atoms with Gasteiger partial charge in [-0.05, 0) is 57.2 Å². The average Bonchev–Trinajstić information content (AvgIpc) is 2.80. The second-order valence-corrected chi connectivity index (χ2v) is 10.5. The van der Waals surface area contributed by atoms with Crippen molar-refractivity contribution in [2.75, 3.05) is 20.2 Å². The normalized spacial score (nSPS) is 13.8. The van der Waals surface area contributed by atoms with Gasteiger partial charge in [0.2, 0.25) is 11.8 Å². The first-order chi connectivity index (χ1) is 16.7. The number of amides is 3. The van der Waals surface area contributed by atoms with Crippen molar-refractivity contribution in [3.8, 4) is 5.75 Å². The van der Waals surface area contributed by atoms with Gasteiger partial charge in [-0.3, -0.25) is 14.4 Å². The number of carbonyl (C=O) groups excluding carboxylic acids is 4. The van der Waals surface area contributed by atoms with Crippen LogP contribution in [0.1, 0.15) is 46.6 Å². The molecule has 0 aromatic heterocycles. The molecular weight excluding hydrogens is 484 g/mol. The first kappa shape index (κ1) is 31.2. The monoisotopic (exact) mass is 524 g/mol. The first-order valence-corrected chi connectivity index (χ1v) is 12.4. The van der Waals surface area contributed by atoms with E-state index < -0.39 is 40.8 Å². The molecule has 1 aromatic rings. The van der Waals surface area contributed by atoms with E-state index >= 15 is 0 Å². The highest BCUT2D eigenvalue weighted by Crippen LogP contribution is 2.14. The molecule has 3 amide bonds. The Morgan fingerprint density at radius 2 is 1.58 bits per heavy atom. The lowest BCUT2D eigenvalue weighted by Crippen LogP contribution is -2.55. The minimum Gasteiger partial charge on any atom is -0.497 e. The Labute approximate surface area is 218 Å². The second kappa shape index (κ2) is 14.7. The lowest BCUT2D eigenvalue weighted by Gasteiger charge is -2.25. The van der Waals surface area contributed by atoms with Crippen LogP contribution in [0.5, 0.6) is 5.75 Å². The molecule has 0 unspecified atom stereocenters. The minimum atomic E-state index is -0.916. The van der Waals surface area contributed by atoms with Crippen molar-refractivity contribution < 1.29 is 28.7 Å². The molecule has 0 spiro atoms. The number of alkyl carbamates (subject to hydrolysis) is 1. The number of hydrogen-bond acceptors (Lipinski definition) is 8. The predicted molar refractivity (Wildman–Crippen MR) is 141 cm³/mol. The number of nitrogens with two attached hydrogens (primary N) is 1. The van der Waals surface area contributed by atoms with Crippen LogP contribution in [0.15, 0.2) is 24.3 Å². The fourth-order valence-electron chi connectivity index (χ4n) is 3.21. The second-order valence-electron chi connectivity index (χ2n) is 9.87. The molecule has 3 atom stereocenters. The number of ether oxygens (including phenoxy) is 2.